The zero-order valence-corrected chi connectivity index (χ0v) is 26.2. The van der Waals surface area contributed by atoms with Crippen LogP contribution in [-0.2, 0) is 15.6 Å². The average Bonchev–Trinajstić information content (AvgIpc) is 3.25. The number of hydrogen-bond donors (Lipinski definition) is 0. The summed E-state index contributed by atoms with van der Waals surface area (Å²) in [5.74, 6) is -0.280. The van der Waals surface area contributed by atoms with Crippen LogP contribution >= 0.6 is 22.6 Å². The van der Waals surface area contributed by atoms with Crippen molar-refractivity contribution in [1.82, 2.24) is 0 Å². The fraction of sp³-hybridized carbons (Fsp3) is 0.412. The molecule has 0 spiro atoms. The van der Waals surface area contributed by atoms with Gasteiger partial charge >= 0.3 is 0 Å². The van der Waals surface area contributed by atoms with E-state index >= 15 is 0 Å². The number of rotatable bonds is 8. The number of fused-ring (bicyclic) bond motifs is 2. The third kappa shape index (κ3) is 4.51. The molecule has 5 rings (SSSR count). The lowest BCUT2D eigenvalue weighted by Crippen LogP contribution is -2.35. The van der Waals surface area contributed by atoms with Gasteiger partial charge in [-0.15, -0.1) is 0 Å². The number of carbonyl (C=O) groups excluding carboxylic acids is 1. The summed E-state index contributed by atoms with van der Waals surface area (Å²) < 4.78 is 3.50. The third-order valence-electron chi connectivity index (χ3n) is 8.66. The molecule has 2 aliphatic heterocycles. The molecule has 0 radical (unpaired) electrons. The van der Waals surface area contributed by atoms with Crippen LogP contribution in [0.25, 0.3) is 0 Å². The van der Waals surface area contributed by atoms with E-state index in [2.05, 4.69) is 116 Å². The Bertz CT molecular complexity index is 1470. The van der Waals surface area contributed by atoms with Gasteiger partial charge in [0.1, 0.15) is 6.54 Å². The van der Waals surface area contributed by atoms with Gasteiger partial charge in [-0.3, -0.25) is 4.79 Å². The Kier molecular flexibility index (Phi) is 7.42. The molecule has 0 saturated carbocycles. The molecular formula is C34H39IN2O2. The first kappa shape index (κ1) is 27.9. The minimum absolute atomic E-state index is 0.140. The van der Waals surface area contributed by atoms with E-state index in [1.165, 1.54) is 26.1 Å². The average molecular weight is 635 g/mol. The van der Waals surface area contributed by atoms with E-state index in [0.29, 0.717) is 11.1 Å². The molecule has 0 amide bonds. The second kappa shape index (κ2) is 10.4. The standard InChI is InChI=1S/C34H39IN2O2/c1-7-9-17-36-27-14-12-11-13-25(27)33(3,4)29(36)20-23-31(38)24(32(23)39)21-30-34(5,6)26-19-22(35)15-16-28(26)37(30)18-10-8-2/h11-16,19-21H,7-10,17-18H2,1-6H3. The van der Waals surface area contributed by atoms with Gasteiger partial charge in [0, 0.05) is 62.2 Å². The molecule has 2 heterocycles. The van der Waals surface area contributed by atoms with E-state index < -0.39 is 0 Å². The van der Waals surface area contributed by atoms with Gasteiger partial charge in [0.2, 0.25) is 5.69 Å². The van der Waals surface area contributed by atoms with Gasteiger partial charge in [-0.1, -0.05) is 64.5 Å². The number of halogens is 1. The summed E-state index contributed by atoms with van der Waals surface area (Å²) in [4.78, 5) is 15.9. The normalized spacial score (nSPS) is 21.2. The van der Waals surface area contributed by atoms with Crippen LogP contribution < -0.4 is 10.0 Å². The van der Waals surface area contributed by atoms with Crippen LogP contribution in [-0.4, -0.2) is 29.2 Å². The number of unbranched alkanes of at least 4 members (excludes halogenated alkanes) is 2. The maximum atomic E-state index is 13.6. The number of ketones is 1. The maximum Gasteiger partial charge on any atom is 0.209 e. The van der Waals surface area contributed by atoms with Crippen molar-refractivity contribution >= 4 is 45.5 Å². The Labute approximate surface area is 247 Å². The maximum absolute atomic E-state index is 13.6. The zero-order valence-electron chi connectivity index (χ0n) is 24.0. The first-order chi connectivity index (χ1) is 18.5. The summed E-state index contributed by atoms with van der Waals surface area (Å²) in [5, 5.41) is 13.6. The van der Waals surface area contributed by atoms with E-state index in [1.807, 2.05) is 12.2 Å². The summed E-state index contributed by atoms with van der Waals surface area (Å²) in [6.07, 6.45) is 8.02. The summed E-state index contributed by atoms with van der Waals surface area (Å²) in [6.45, 7) is 14.9. The second-order valence-corrected chi connectivity index (χ2v) is 13.2. The fourth-order valence-electron chi connectivity index (χ4n) is 6.29. The zero-order chi connectivity index (χ0) is 28.1. The van der Waals surface area contributed by atoms with Crippen molar-refractivity contribution in [2.24, 2.45) is 0 Å². The topological polar surface area (TPSA) is 46.4 Å². The molecule has 39 heavy (non-hydrogen) atoms. The third-order valence-corrected chi connectivity index (χ3v) is 9.34. The van der Waals surface area contributed by atoms with E-state index in [-0.39, 0.29) is 22.4 Å². The predicted octanol–water partition coefficient (Wildman–Crippen LogP) is 7.07. The fourth-order valence-corrected chi connectivity index (χ4v) is 6.78. The lowest BCUT2D eigenvalue weighted by Gasteiger charge is -2.33. The number of carbonyl (C=O) groups is 1. The Morgan fingerprint density at radius 1 is 0.949 bits per heavy atom. The van der Waals surface area contributed by atoms with Crippen LogP contribution in [0.4, 0.5) is 11.4 Å². The van der Waals surface area contributed by atoms with Crippen LogP contribution in [0, 0.1) is 3.57 Å². The molecule has 0 unspecified atom stereocenters. The van der Waals surface area contributed by atoms with Gasteiger partial charge in [-0.2, -0.15) is 4.58 Å². The number of anilines is 1. The van der Waals surface area contributed by atoms with Crippen molar-refractivity contribution in [3.63, 3.8) is 0 Å². The summed E-state index contributed by atoms with van der Waals surface area (Å²) in [7, 11) is 0. The summed E-state index contributed by atoms with van der Waals surface area (Å²) in [5.41, 5.74) is 6.97. The number of benzene rings is 2. The molecular weight excluding hydrogens is 595 g/mol. The molecule has 1 aliphatic carbocycles. The van der Waals surface area contributed by atoms with E-state index in [9.17, 15) is 9.90 Å². The monoisotopic (exact) mass is 634 g/mol. The molecule has 2 aromatic rings. The van der Waals surface area contributed by atoms with Gasteiger partial charge in [-0.25, -0.2) is 0 Å². The Morgan fingerprint density at radius 3 is 2.36 bits per heavy atom. The van der Waals surface area contributed by atoms with Crippen molar-refractivity contribution in [1.29, 1.82) is 0 Å². The predicted molar refractivity (Wildman–Crippen MR) is 167 cm³/mol. The van der Waals surface area contributed by atoms with E-state index in [0.717, 1.165) is 50.2 Å². The minimum atomic E-state index is -0.294. The van der Waals surface area contributed by atoms with Crippen molar-refractivity contribution in [2.45, 2.75) is 78.1 Å². The number of Topliss-reactive ketones (excluding diaryl/α,β-unsaturated/α-hetero) is 1. The molecule has 5 heteroatoms. The van der Waals surface area contributed by atoms with Crippen molar-refractivity contribution in [2.75, 3.05) is 18.0 Å². The van der Waals surface area contributed by atoms with Gasteiger partial charge in [-0.05, 0) is 72.7 Å². The van der Waals surface area contributed by atoms with Gasteiger partial charge in [0.15, 0.2) is 11.5 Å². The highest BCUT2D eigenvalue weighted by Crippen LogP contribution is 2.49. The number of para-hydroxylation sites is 1. The molecule has 0 aromatic heterocycles. The van der Waals surface area contributed by atoms with Crippen LogP contribution in [0.3, 0.4) is 0 Å². The molecule has 4 nitrogen and oxygen atoms in total. The highest BCUT2D eigenvalue weighted by molar-refractivity contribution is 14.1. The summed E-state index contributed by atoms with van der Waals surface area (Å²) in [6, 6.07) is 15.0. The molecule has 0 bridgehead atoms. The first-order valence-electron chi connectivity index (χ1n) is 14.3. The SMILES string of the molecule is CCCCN1/C(=C/C2=C([O-])C(=C\C3=[N+](CCCC)c4ccccc4C3(C)C)/C2=O)C(C)(C)c2cc(I)ccc21. The van der Waals surface area contributed by atoms with Crippen molar-refractivity contribution in [3.8, 4) is 0 Å². The number of allylic oxidation sites excluding steroid dienone is 5. The summed E-state index contributed by atoms with van der Waals surface area (Å²) >= 11 is 2.36. The molecule has 0 atom stereocenters. The van der Waals surface area contributed by atoms with Gasteiger partial charge in [0.25, 0.3) is 0 Å². The van der Waals surface area contributed by atoms with Crippen molar-refractivity contribution < 1.29 is 14.5 Å². The minimum Gasteiger partial charge on any atom is -0.871 e. The van der Waals surface area contributed by atoms with Crippen LogP contribution in [0.15, 0.2) is 77.2 Å². The highest BCUT2D eigenvalue weighted by Gasteiger charge is 2.46. The van der Waals surface area contributed by atoms with Crippen molar-refractivity contribution in [3.05, 3.63) is 91.9 Å². The van der Waals surface area contributed by atoms with Crippen LogP contribution in [0.2, 0.25) is 0 Å². The molecule has 204 valence electrons. The smallest absolute Gasteiger partial charge is 0.209 e. The lowest BCUT2D eigenvalue weighted by atomic mass is 9.77. The molecule has 2 aromatic carbocycles. The number of hydrogen-bond acceptors (Lipinski definition) is 3. The molecule has 3 aliphatic rings. The van der Waals surface area contributed by atoms with E-state index in [1.54, 1.807) is 0 Å². The lowest BCUT2D eigenvalue weighted by molar-refractivity contribution is -0.438. The van der Waals surface area contributed by atoms with Crippen LogP contribution in [0.5, 0.6) is 0 Å². The highest BCUT2D eigenvalue weighted by atomic mass is 127. The molecule has 0 N–H and O–H groups in total. The Hall–Kier alpha value is -2.67. The Morgan fingerprint density at radius 2 is 1.67 bits per heavy atom. The largest absolute Gasteiger partial charge is 0.871 e. The molecule has 0 saturated heterocycles. The Balaban J connectivity index is 1.58. The first-order valence-corrected chi connectivity index (χ1v) is 15.3. The second-order valence-electron chi connectivity index (χ2n) is 12.0. The van der Waals surface area contributed by atoms with E-state index in [4.69, 9.17) is 0 Å². The quantitative estimate of drug-likeness (QED) is 0.177. The number of nitrogens with zero attached hydrogens (tertiary/aromatic N) is 2. The van der Waals surface area contributed by atoms with Gasteiger partial charge in [0.05, 0.1) is 5.41 Å². The van der Waals surface area contributed by atoms with Crippen LogP contribution in [0.1, 0.15) is 78.4 Å². The molecule has 0 fully saturated rings. The van der Waals surface area contributed by atoms with Gasteiger partial charge < -0.3 is 10.0 Å².